The molecule has 9 nitrogen and oxygen atoms in total. The third kappa shape index (κ3) is 7.17. The number of carbonyl (C=O) groups excluding carboxylic acids is 1. The zero-order valence-electron chi connectivity index (χ0n) is 18.6. The van der Waals surface area contributed by atoms with E-state index in [2.05, 4.69) is 20.4 Å². The SMILES string of the molecule is CC(C)(C)OC(=O)NC(CO)Cc1nc(-c2ccc(Oc3ccc(C(F)(F)F)cn3)cc2)no1. The van der Waals surface area contributed by atoms with Crippen LogP contribution in [0.5, 0.6) is 11.6 Å². The fraction of sp³-hybridized carbons (Fsp3) is 0.364. The standard InChI is InChI=1S/C22H23F3N4O5/c1-21(2,3)33-20(31)27-15(12-30)10-18-28-19(29-34-18)13-4-7-16(8-5-13)32-17-9-6-14(11-26-17)22(23,24)25/h4-9,11,15,30H,10,12H2,1-3H3,(H,27,31). The van der Waals surface area contributed by atoms with Gasteiger partial charge in [0.15, 0.2) is 0 Å². The molecule has 0 aliphatic carbocycles. The van der Waals surface area contributed by atoms with Gasteiger partial charge in [0.05, 0.1) is 18.2 Å². The Hall–Kier alpha value is -3.67. The van der Waals surface area contributed by atoms with Crippen molar-refractivity contribution in [2.24, 2.45) is 0 Å². The first-order chi connectivity index (χ1) is 15.9. The summed E-state index contributed by atoms with van der Waals surface area (Å²) in [6.45, 7) is 4.81. The molecule has 2 aromatic heterocycles. The summed E-state index contributed by atoms with van der Waals surface area (Å²) in [6.07, 6.45) is -4.37. The molecule has 1 aromatic carbocycles. The number of nitrogens with zero attached hydrogens (tertiary/aromatic N) is 3. The van der Waals surface area contributed by atoms with Gasteiger partial charge >= 0.3 is 12.3 Å². The maximum atomic E-state index is 12.6. The van der Waals surface area contributed by atoms with Crippen molar-refractivity contribution in [2.75, 3.05) is 6.61 Å². The van der Waals surface area contributed by atoms with Gasteiger partial charge in [0, 0.05) is 24.2 Å². The van der Waals surface area contributed by atoms with E-state index >= 15 is 0 Å². The number of pyridine rings is 1. The average Bonchev–Trinajstić information content (AvgIpc) is 3.20. The molecule has 1 atom stereocenters. The van der Waals surface area contributed by atoms with E-state index in [0.717, 1.165) is 12.1 Å². The van der Waals surface area contributed by atoms with Crippen molar-refractivity contribution in [1.82, 2.24) is 20.4 Å². The third-order valence-electron chi connectivity index (χ3n) is 4.23. The van der Waals surface area contributed by atoms with Crippen LogP contribution in [0.3, 0.4) is 0 Å². The van der Waals surface area contributed by atoms with Crippen LogP contribution in [-0.4, -0.2) is 44.6 Å². The molecule has 0 aliphatic heterocycles. The van der Waals surface area contributed by atoms with Gasteiger partial charge in [-0.3, -0.25) is 0 Å². The van der Waals surface area contributed by atoms with Crippen LogP contribution >= 0.6 is 0 Å². The Labute approximate surface area is 192 Å². The molecule has 2 N–H and O–H groups in total. The minimum Gasteiger partial charge on any atom is -0.444 e. The molecule has 3 aromatic rings. The predicted molar refractivity (Wildman–Crippen MR) is 113 cm³/mol. The average molecular weight is 480 g/mol. The number of aliphatic hydroxyl groups excluding tert-OH is 1. The number of amides is 1. The van der Waals surface area contributed by atoms with E-state index in [-0.39, 0.29) is 30.6 Å². The summed E-state index contributed by atoms with van der Waals surface area (Å²) in [5.74, 6) is 0.819. The van der Waals surface area contributed by atoms with Gasteiger partial charge in [-0.1, -0.05) is 5.16 Å². The number of halogens is 3. The first-order valence-electron chi connectivity index (χ1n) is 10.2. The first-order valence-corrected chi connectivity index (χ1v) is 10.2. The highest BCUT2D eigenvalue weighted by molar-refractivity contribution is 5.68. The molecule has 1 unspecified atom stereocenters. The number of nitrogens with one attached hydrogen (secondary N) is 1. The minimum atomic E-state index is -4.47. The van der Waals surface area contributed by atoms with Crippen molar-refractivity contribution in [2.45, 2.75) is 45.0 Å². The summed E-state index contributed by atoms with van der Waals surface area (Å²) in [5.41, 5.74) is -0.962. The molecule has 0 aliphatic rings. The lowest BCUT2D eigenvalue weighted by Gasteiger charge is -2.22. The summed E-state index contributed by atoms with van der Waals surface area (Å²) in [7, 11) is 0. The first kappa shape index (κ1) is 25.0. The van der Waals surface area contributed by atoms with Crippen LogP contribution < -0.4 is 10.1 Å². The molecule has 2 heterocycles. The number of ether oxygens (including phenoxy) is 2. The minimum absolute atomic E-state index is 0.00938. The van der Waals surface area contributed by atoms with Crippen molar-refractivity contribution in [3.8, 4) is 23.0 Å². The second kappa shape index (κ2) is 10.1. The molecule has 0 saturated carbocycles. The molecule has 0 fully saturated rings. The summed E-state index contributed by atoms with van der Waals surface area (Å²) >= 11 is 0. The van der Waals surface area contributed by atoms with E-state index in [4.69, 9.17) is 14.0 Å². The second-order valence-electron chi connectivity index (χ2n) is 8.25. The monoisotopic (exact) mass is 480 g/mol. The van der Waals surface area contributed by atoms with E-state index in [1.165, 1.54) is 0 Å². The summed E-state index contributed by atoms with van der Waals surface area (Å²) in [4.78, 5) is 19.8. The van der Waals surface area contributed by atoms with Gasteiger partial charge in [-0.25, -0.2) is 9.78 Å². The number of hydrogen-bond acceptors (Lipinski definition) is 8. The highest BCUT2D eigenvalue weighted by Gasteiger charge is 2.30. The lowest BCUT2D eigenvalue weighted by Crippen LogP contribution is -2.42. The lowest BCUT2D eigenvalue weighted by atomic mass is 10.2. The van der Waals surface area contributed by atoms with Gasteiger partial charge in [-0.05, 0) is 51.1 Å². The Morgan fingerprint density at radius 1 is 1.15 bits per heavy atom. The van der Waals surface area contributed by atoms with Crippen LogP contribution in [0.1, 0.15) is 32.2 Å². The van der Waals surface area contributed by atoms with Crippen LogP contribution in [-0.2, 0) is 17.3 Å². The molecule has 12 heteroatoms. The highest BCUT2D eigenvalue weighted by atomic mass is 19.4. The highest BCUT2D eigenvalue weighted by Crippen LogP contribution is 2.30. The van der Waals surface area contributed by atoms with Crippen LogP contribution in [0.15, 0.2) is 47.1 Å². The molecule has 3 rings (SSSR count). The predicted octanol–water partition coefficient (Wildman–Crippen LogP) is 4.37. The maximum absolute atomic E-state index is 12.6. The largest absolute Gasteiger partial charge is 0.444 e. The van der Waals surface area contributed by atoms with Crippen LogP contribution in [0.4, 0.5) is 18.0 Å². The van der Waals surface area contributed by atoms with Crippen molar-refractivity contribution in [3.05, 3.63) is 54.0 Å². The number of rotatable bonds is 7. The van der Waals surface area contributed by atoms with E-state index in [0.29, 0.717) is 17.5 Å². The van der Waals surface area contributed by atoms with Gasteiger partial charge in [0.2, 0.25) is 17.6 Å². The van der Waals surface area contributed by atoms with E-state index in [1.807, 2.05) is 0 Å². The van der Waals surface area contributed by atoms with E-state index < -0.39 is 29.5 Å². The van der Waals surface area contributed by atoms with Crippen molar-refractivity contribution in [3.63, 3.8) is 0 Å². The number of alkyl carbamates (subject to hydrolysis) is 1. The number of benzene rings is 1. The van der Waals surface area contributed by atoms with Crippen molar-refractivity contribution >= 4 is 6.09 Å². The van der Waals surface area contributed by atoms with E-state index in [9.17, 15) is 23.1 Å². The molecule has 182 valence electrons. The maximum Gasteiger partial charge on any atom is 0.417 e. The molecule has 34 heavy (non-hydrogen) atoms. The Morgan fingerprint density at radius 2 is 1.85 bits per heavy atom. The molecule has 0 radical (unpaired) electrons. The fourth-order valence-corrected chi connectivity index (χ4v) is 2.70. The zero-order valence-corrected chi connectivity index (χ0v) is 18.6. The summed E-state index contributed by atoms with van der Waals surface area (Å²) in [6, 6.07) is 7.75. The van der Waals surface area contributed by atoms with Gasteiger partial charge < -0.3 is 24.4 Å². The lowest BCUT2D eigenvalue weighted by molar-refractivity contribution is -0.137. The molecule has 0 bridgehead atoms. The van der Waals surface area contributed by atoms with Gasteiger partial charge in [-0.15, -0.1) is 0 Å². The topological polar surface area (TPSA) is 120 Å². The number of aromatic nitrogens is 3. The molecule has 1 amide bonds. The van der Waals surface area contributed by atoms with Crippen LogP contribution in [0.25, 0.3) is 11.4 Å². The number of aliphatic hydroxyl groups is 1. The Balaban J connectivity index is 1.60. The Morgan fingerprint density at radius 3 is 2.41 bits per heavy atom. The number of hydrogen-bond donors (Lipinski definition) is 2. The molecule has 0 spiro atoms. The quantitative estimate of drug-likeness (QED) is 0.512. The fourth-order valence-electron chi connectivity index (χ4n) is 2.70. The number of carbonyl (C=O) groups is 1. The smallest absolute Gasteiger partial charge is 0.417 e. The van der Waals surface area contributed by atoms with Crippen LogP contribution in [0, 0.1) is 0 Å². The summed E-state index contributed by atoms with van der Waals surface area (Å²) < 4.78 is 53.7. The normalized spacial score (nSPS) is 12.8. The van der Waals surface area contributed by atoms with Crippen LogP contribution in [0.2, 0.25) is 0 Å². The van der Waals surface area contributed by atoms with Gasteiger partial charge in [-0.2, -0.15) is 18.2 Å². The van der Waals surface area contributed by atoms with Crippen molar-refractivity contribution in [1.29, 1.82) is 0 Å². The van der Waals surface area contributed by atoms with Crippen molar-refractivity contribution < 1.29 is 37.1 Å². The van der Waals surface area contributed by atoms with Gasteiger partial charge in [0.25, 0.3) is 0 Å². The molecule has 0 saturated heterocycles. The Bertz CT molecular complexity index is 1090. The summed E-state index contributed by atoms with van der Waals surface area (Å²) in [5, 5.41) is 16.0. The third-order valence-corrected chi connectivity index (χ3v) is 4.23. The van der Waals surface area contributed by atoms with E-state index in [1.54, 1.807) is 45.0 Å². The second-order valence-corrected chi connectivity index (χ2v) is 8.25. The van der Waals surface area contributed by atoms with Gasteiger partial charge in [0.1, 0.15) is 11.4 Å². The Kier molecular flexibility index (Phi) is 7.40. The molecular weight excluding hydrogens is 457 g/mol. The molecular formula is C22H23F3N4O5. The number of alkyl halides is 3. The zero-order chi connectivity index (χ0) is 24.9.